The number of ether oxygens (including phenoxy) is 1. The molecule has 27 heavy (non-hydrogen) atoms. The molecule has 140 valence electrons. The molecule has 0 radical (unpaired) electrons. The summed E-state index contributed by atoms with van der Waals surface area (Å²) in [5.41, 5.74) is 3.67. The number of hydrogen-bond donors (Lipinski definition) is 2. The van der Waals surface area contributed by atoms with Crippen molar-refractivity contribution in [1.82, 2.24) is 9.97 Å². The minimum Gasteiger partial charge on any atom is -0.496 e. The zero-order valence-electron chi connectivity index (χ0n) is 16.1. The van der Waals surface area contributed by atoms with Crippen molar-refractivity contribution in [3.8, 4) is 5.75 Å². The van der Waals surface area contributed by atoms with E-state index in [1.807, 2.05) is 31.2 Å². The van der Waals surface area contributed by atoms with Crippen LogP contribution in [0.5, 0.6) is 5.75 Å². The molecule has 0 aliphatic carbocycles. The van der Waals surface area contributed by atoms with E-state index >= 15 is 0 Å². The minimum absolute atomic E-state index is 0.735. The molecule has 0 bridgehead atoms. The quantitative estimate of drug-likeness (QED) is 0.623. The van der Waals surface area contributed by atoms with Gasteiger partial charge in [-0.05, 0) is 37.5 Å². The molecule has 1 heterocycles. The van der Waals surface area contributed by atoms with Crippen molar-refractivity contribution >= 4 is 11.6 Å². The SMILES string of the molecule is COc1ccccc1CCNc1cc(NCc2cccc(C)c2)nc(C)n1. The Kier molecular flexibility index (Phi) is 6.26. The van der Waals surface area contributed by atoms with Gasteiger partial charge in [-0.3, -0.25) is 0 Å². The lowest BCUT2D eigenvalue weighted by atomic mass is 10.1. The first-order valence-corrected chi connectivity index (χ1v) is 9.15. The zero-order chi connectivity index (χ0) is 19.1. The summed E-state index contributed by atoms with van der Waals surface area (Å²) in [6.45, 7) is 5.51. The standard InChI is InChI=1S/C22H26N4O/c1-16-7-6-8-18(13-16)15-24-22-14-21(25-17(2)26-22)23-12-11-19-9-4-5-10-20(19)27-3/h4-10,13-14H,11-12,15H2,1-3H3,(H2,23,24,25,26). The molecule has 0 atom stereocenters. The maximum absolute atomic E-state index is 5.41. The van der Waals surface area contributed by atoms with Crippen LogP contribution in [0.2, 0.25) is 0 Å². The van der Waals surface area contributed by atoms with E-state index in [4.69, 9.17) is 4.74 Å². The number of anilines is 2. The van der Waals surface area contributed by atoms with Crippen molar-refractivity contribution in [2.24, 2.45) is 0 Å². The van der Waals surface area contributed by atoms with Gasteiger partial charge in [0.15, 0.2) is 0 Å². The van der Waals surface area contributed by atoms with Crippen molar-refractivity contribution < 1.29 is 4.74 Å². The number of hydrogen-bond acceptors (Lipinski definition) is 5. The highest BCUT2D eigenvalue weighted by atomic mass is 16.5. The Balaban J connectivity index is 1.59. The third-order valence-electron chi connectivity index (χ3n) is 4.29. The van der Waals surface area contributed by atoms with Crippen LogP contribution in [0.3, 0.4) is 0 Å². The summed E-state index contributed by atoms with van der Waals surface area (Å²) in [6, 6.07) is 18.5. The molecule has 3 rings (SSSR count). The number of aromatic nitrogens is 2. The monoisotopic (exact) mass is 362 g/mol. The van der Waals surface area contributed by atoms with E-state index in [2.05, 4.69) is 57.9 Å². The molecule has 5 nitrogen and oxygen atoms in total. The Bertz CT molecular complexity index is 895. The molecule has 5 heteroatoms. The van der Waals surface area contributed by atoms with Crippen LogP contribution in [-0.4, -0.2) is 23.6 Å². The van der Waals surface area contributed by atoms with Crippen LogP contribution < -0.4 is 15.4 Å². The Morgan fingerprint density at radius 1 is 0.889 bits per heavy atom. The van der Waals surface area contributed by atoms with Gasteiger partial charge in [0.2, 0.25) is 0 Å². The van der Waals surface area contributed by atoms with E-state index in [0.717, 1.165) is 42.7 Å². The highest BCUT2D eigenvalue weighted by Gasteiger charge is 2.04. The second kappa shape index (κ2) is 9.03. The molecule has 1 aromatic heterocycles. The summed E-state index contributed by atoms with van der Waals surface area (Å²) in [5, 5.41) is 6.77. The van der Waals surface area contributed by atoms with Gasteiger partial charge in [0, 0.05) is 19.2 Å². The van der Waals surface area contributed by atoms with E-state index in [9.17, 15) is 0 Å². The molecule has 0 aliphatic rings. The van der Waals surface area contributed by atoms with Gasteiger partial charge >= 0.3 is 0 Å². The first-order valence-electron chi connectivity index (χ1n) is 9.15. The number of nitrogens with one attached hydrogen (secondary N) is 2. The third-order valence-corrected chi connectivity index (χ3v) is 4.29. The van der Waals surface area contributed by atoms with Gasteiger partial charge in [-0.25, -0.2) is 9.97 Å². The lowest BCUT2D eigenvalue weighted by Crippen LogP contribution is -2.10. The molecule has 2 aromatic carbocycles. The Morgan fingerprint density at radius 2 is 1.67 bits per heavy atom. The van der Waals surface area contributed by atoms with Crippen LogP contribution in [0.1, 0.15) is 22.5 Å². The van der Waals surface area contributed by atoms with Gasteiger partial charge in [0.25, 0.3) is 0 Å². The van der Waals surface area contributed by atoms with Gasteiger partial charge in [-0.2, -0.15) is 0 Å². The van der Waals surface area contributed by atoms with Crippen LogP contribution in [-0.2, 0) is 13.0 Å². The molecule has 0 aliphatic heterocycles. The average Bonchev–Trinajstić information content (AvgIpc) is 2.66. The topological polar surface area (TPSA) is 59.1 Å². The highest BCUT2D eigenvalue weighted by Crippen LogP contribution is 2.18. The van der Waals surface area contributed by atoms with E-state index in [1.165, 1.54) is 16.7 Å². The second-order valence-electron chi connectivity index (χ2n) is 6.52. The van der Waals surface area contributed by atoms with Gasteiger partial charge in [0.1, 0.15) is 23.2 Å². The van der Waals surface area contributed by atoms with E-state index in [1.54, 1.807) is 7.11 Å². The summed E-state index contributed by atoms with van der Waals surface area (Å²) in [6.07, 6.45) is 0.860. The van der Waals surface area contributed by atoms with Gasteiger partial charge in [0.05, 0.1) is 7.11 Å². The fraction of sp³-hybridized carbons (Fsp3) is 0.273. The minimum atomic E-state index is 0.735. The van der Waals surface area contributed by atoms with Gasteiger partial charge in [-0.1, -0.05) is 48.0 Å². The number of nitrogens with zero attached hydrogens (tertiary/aromatic N) is 2. The van der Waals surface area contributed by atoms with Crippen LogP contribution >= 0.6 is 0 Å². The number of para-hydroxylation sites is 1. The largest absolute Gasteiger partial charge is 0.496 e. The number of benzene rings is 2. The lowest BCUT2D eigenvalue weighted by molar-refractivity contribution is 0.410. The normalized spacial score (nSPS) is 10.5. The average molecular weight is 362 g/mol. The Labute approximate surface area is 160 Å². The van der Waals surface area contributed by atoms with Crippen LogP contribution in [0.15, 0.2) is 54.6 Å². The lowest BCUT2D eigenvalue weighted by Gasteiger charge is -2.12. The van der Waals surface area contributed by atoms with E-state index < -0.39 is 0 Å². The Hall–Kier alpha value is -3.08. The molecule has 0 amide bonds. The Morgan fingerprint density at radius 3 is 2.44 bits per heavy atom. The molecule has 0 unspecified atom stereocenters. The van der Waals surface area contributed by atoms with Crippen molar-refractivity contribution in [3.05, 3.63) is 77.1 Å². The molecule has 0 spiro atoms. The molecular weight excluding hydrogens is 336 g/mol. The first-order chi connectivity index (χ1) is 13.1. The van der Waals surface area contributed by atoms with Crippen LogP contribution in [0, 0.1) is 13.8 Å². The first kappa shape index (κ1) is 18.7. The van der Waals surface area contributed by atoms with E-state index in [-0.39, 0.29) is 0 Å². The van der Waals surface area contributed by atoms with Gasteiger partial charge in [-0.15, -0.1) is 0 Å². The molecule has 2 N–H and O–H groups in total. The molecule has 0 fully saturated rings. The van der Waals surface area contributed by atoms with Crippen LogP contribution in [0.4, 0.5) is 11.6 Å². The summed E-state index contributed by atoms with van der Waals surface area (Å²) in [5.74, 6) is 3.30. The second-order valence-corrected chi connectivity index (χ2v) is 6.52. The molecule has 0 saturated carbocycles. The summed E-state index contributed by atoms with van der Waals surface area (Å²) < 4.78 is 5.41. The molecule has 0 saturated heterocycles. The fourth-order valence-electron chi connectivity index (χ4n) is 3.00. The van der Waals surface area contributed by atoms with Crippen molar-refractivity contribution in [3.63, 3.8) is 0 Å². The van der Waals surface area contributed by atoms with Crippen LogP contribution in [0.25, 0.3) is 0 Å². The third kappa shape index (κ3) is 5.45. The summed E-state index contributed by atoms with van der Waals surface area (Å²) in [4.78, 5) is 8.97. The predicted molar refractivity (Wildman–Crippen MR) is 110 cm³/mol. The molecular formula is C22H26N4O. The highest BCUT2D eigenvalue weighted by molar-refractivity contribution is 5.48. The number of methoxy groups -OCH3 is 1. The fourth-order valence-corrected chi connectivity index (χ4v) is 3.00. The summed E-state index contributed by atoms with van der Waals surface area (Å²) >= 11 is 0. The maximum Gasteiger partial charge on any atom is 0.132 e. The molecule has 3 aromatic rings. The summed E-state index contributed by atoms with van der Waals surface area (Å²) in [7, 11) is 1.70. The number of rotatable bonds is 8. The van der Waals surface area contributed by atoms with Gasteiger partial charge < -0.3 is 15.4 Å². The van der Waals surface area contributed by atoms with E-state index in [0.29, 0.717) is 0 Å². The van der Waals surface area contributed by atoms with Crippen molar-refractivity contribution in [2.75, 3.05) is 24.3 Å². The maximum atomic E-state index is 5.41. The number of aryl methyl sites for hydroxylation is 2. The van der Waals surface area contributed by atoms with Crippen molar-refractivity contribution in [1.29, 1.82) is 0 Å². The predicted octanol–water partition coefficient (Wildman–Crippen LogP) is 4.37. The zero-order valence-corrected chi connectivity index (χ0v) is 16.1. The van der Waals surface area contributed by atoms with Crippen molar-refractivity contribution in [2.45, 2.75) is 26.8 Å². The smallest absolute Gasteiger partial charge is 0.132 e.